The van der Waals surface area contributed by atoms with Crippen LogP contribution in [0.4, 0.5) is 4.79 Å². The zero-order chi connectivity index (χ0) is 14.2. The van der Waals surface area contributed by atoms with E-state index in [1.165, 1.54) is 11.1 Å². The average molecular weight is 286 g/mol. The first-order chi connectivity index (χ1) is 10.3. The van der Waals surface area contributed by atoms with Crippen molar-refractivity contribution in [1.29, 1.82) is 0 Å². The molecule has 2 atom stereocenters. The minimum Gasteiger partial charge on any atom is -0.336 e. The van der Waals surface area contributed by atoms with Crippen molar-refractivity contribution in [3.8, 4) is 0 Å². The number of hydrogen-bond donors (Lipinski definition) is 2. The molecule has 5 nitrogen and oxygen atoms in total. The lowest BCUT2D eigenvalue weighted by Gasteiger charge is -2.41. The van der Waals surface area contributed by atoms with E-state index in [9.17, 15) is 4.79 Å². The maximum Gasteiger partial charge on any atom is 0.317 e. The minimum atomic E-state index is 0.114. The van der Waals surface area contributed by atoms with Gasteiger partial charge in [-0.2, -0.15) is 0 Å². The van der Waals surface area contributed by atoms with Gasteiger partial charge in [-0.15, -0.1) is 0 Å². The normalized spacial score (nSPS) is 29.5. The molecule has 4 rings (SSSR count). The van der Waals surface area contributed by atoms with E-state index in [-0.39, 0.29) is 6.03 Å². The number of piperazine rings is 1. The summed E-state index contributed by atoms with van der Waals surface area (Å²) in [6.45, 7) is 5.63. The van der Waals surface area contributed by atoms with E-state index >= 15 is 0 Å². The molecule has 3 aliphatic heterocycles. The van der Waals surface area contributed by atoms with Crippen molar-refractivity contribution < 1.29 is 4.79 Å². The summed E-state index contributed by atoms with van der Waals surface area (Å²) in [5, 5.41) is 6.49. The van der Waals surface area contributed by atoms with E-state index in [0.29, 0.717) is 12.1 Å². The van der Waals surface area contributed by atoms with Gasteiger partial charge >= 0.3 is 6.03 Å². The summed E-state index contributed by atoms with van der Waals surface area (Å²) in [5.41, 5.74) is 2.89. The lowest BCUT2D eigenvalue weighted by Crippen LogP contribution is -2.53. The summed E-state index contributed by atoms with van der Waals surface area (Å²) < 4.78 is 0. The molecule has 1 aromatic rings. The molecule has 0 bridgehead atoms. The topological polar surface area (TPSA) is 47.6 Å². The maximum absolute atomic E-state index is 11.7. The van der Waals surface area contributed by atoms with Crippen LogP contribution in [0.15, 0.2) is 24.3 Å². The van der Waals surface area contributed by atoms with Gasteiger partial charge in [0.1, 0.15) is 0 Å². The van der Waals surface area contributed by atoms with E-state index < -0.39 is 0 Å². The van der Waals surface area contributed by atoms with Gasteiger partial charge in [-0.25, -0.2) is 4.79 Å². The zero-order valence-electron chi connectivity index (χ0n) is 12.2. The van der Waals surface area contributed by atoms with Crippen LogP contribution in [0.5, 0.6) is 0 Å². The molecule has 2 N–H and O–H groups in total. The summed E-state index contributed by atoms with van der Waals surface area (Å²) in [4.78, 5) is 16.3. The molecule has 3 heterocycles. The number of amides is 2. The lowest BCUT2D eigenvalue weighted by atomic mass is 9.96. The van der Waals surface area contributed by atoms with Crippen molar-refractivity contribution in [2.75, 3.05) is 32.7 Å². The molecular formula is C16H22N4O. The van der Waals surface area contributed by atoms with Crippen LogP contribution in [0.1, 0.15) is 23.6 Å². The van der Waals surface area contributed by atoms with Crippen molar-refractivity contribution >= 4 is 6.03 Å². The van der Waals surface area contributed by atoms with Crippen molar-refractivity contribution in [2.24, 2.45) is 0 Å². The number of nitrogens with one attached hydrogen (secondary N) is 2. The highest BCUT2D eigenvalue weighted by Crippen LogP contribution is 2.31. The fourth-order valence-corrected chi connectivity index (χ4v) is 3.93. The van der Waals surface area contributed by atoms with Crippen LogP contribution in [-0.2, 0) is 6.54 Å². The zero-order valence-corrected chi connectivity index (χ0v) is 12.2. The van der Waals surface area contributed by atoms with Crippen molar-refractivity contribution in [3.63, 3.8) is 0 Å². The second-order valence-corrected chi connectivity index (χ2v) is 6.21. The van der Waals surface area contributed by atoms with Gasteiger partial charge < -0.3 is 15.5 Å². The molecule has 21 heavy (non-hydrogen) atoms. The molecule has 1 aromatic carbocycles. The summed E-state index contributed by atoms with van der Waals surface area (Å²) >= 11 is 0. The Balaban J connectivity index is 1.58. The first-order valence-electron chi connectivity index (χ1n) is 7.90. The molecule has 2 fully saturated rings. The third-order valence-corrected chi connectivity index (χ3v) is 5.03. The molecule has 5 heteroatoms. The molecule has 2 saturated heterocycles. The fraction of sp³-hybridized carbons (Fsp3) is 0.562. The molecule has 0 radical (unpaired) electrons. The van der Waals surface area contributed by atoms with Crippen molar-refractivity contribution in [3.05, 3.63) is 35.4 Å². The second-order valence-electron chi connectivity index (χ2n) is 6.21. The molecule has 0 saturated carbocycles. The molecule has 2 amide bonds. The van der Waals surface area contributed by atoms with Crippen LogP contribution in [0, 0.1) is 0 Å². The number of hydrogen-bond acceptors (Lipinski definition) is 3. The van der Waals surface area contributed by atoms with Gasteiger partial charge in [0.2, 0.25) is 0 Å². The molecule has 0 aliphatic carbocycles. The molecule has 0 aromatic heterocycles. The van der Waals surface area contributed by atoms with E-state index in [2.05, 4.69) is 39.8 Å². The Bertz CT molecular complexity index is 547. The summed E-state index contributed by atoms with van der Waals surface area (Å²) in [7, 11) is 0. The van der Waals surface area contributed by atoms with Gasteiger partial charge in [-0.05, 0) is 24.1 Å². The van der Waals surface area contributed by atoms with Gasteiger partial charge in [0.15, 0.2) is 0 Å². The third kappa shape index (κ3) is 2.30. The Morgan fingerprint density at radius 3 is 3.05 bits per heavy atom. The third-order valence-electron chi connectivity index (χ3n) is 5.03. The van der Waals surface area contributed by atoms with Crippen molar-refractivity contribution in [1.82, 2.24) is 20.4 Å². The van der Waals surface area contributed by atoms with Crippen LogP contribution in [-0.4, -0.2) is 54.6 Å². The van der Waals surface area contributed by atoms with Crippen LogP contribution in [0.3, 0.4) is 0 Å². The Kier molecular flexibility index (Phi) is 3.31. The van der Waals surface area contributed by atoms with Gasteiger partial charge in [-0.1, -0.05) is 24.3 Å². The molecule has 0 spiro atoms. The fourth-order valence-electron chi connectivity index (χ4n) is 3.93. The van der Waals surface area contributed by atoms with E-state index in [4.69, 9.17) is 0 Å². The van der Waals surface area contributed by atoms with Crippen LogP contribution in [0.2, 0.25) is 0 Å². The summed E-state index contributed by atoms with van der Waals surface area (Å²) in [6, 6.07) is 9.72. The quantitative estimate of drug-likeness (QED) is 0.807. The SMILES string of the molecule is O=C1NCC2CN(C3CCNCc4ccccc43)CCN12. The molecule has 112 valence electrons. The first-order valence-corrected chi connectivity index (χ1v) is 7.90. The highest BCUT2D eigenvalue weighted by atomic mass is 16.2. The highest BCUT2D eigenvalue weighted by Gasteiger charge is 2.38. The predicted molar refractivity (Wildman–Crippen MR) is 81.0 cm³/mol. The Morgan fingerprint density at radius 1 is 1.19 bits per heavy atom. The second kappa shape index (κ2) is 5.31. The first kappa shape index (κ1) is 13.1. The Morgan fingerprint density at radius 2 is 2.10 bits per heavy atom. The molecule has 2 unspecified atom stereocenters. The standard InChI is InChI=1S/C16H22N4O/c21-16-18-10-13-11-19(7-8-20(13)16)15-5-6-17-9-12-3-1-2-4-14(12)15/h1-4,13,15,17H,5-11H2,(H,18,21). The number of fused-ring (bicyclic) bond motifs is 2. The lowest BCUT2D eigenvalue weighted by molar-refractivity contribution is 0.0850. The summed E-state index contributed by atoms with van der Waals surface area (Å²) in [5.74, 6) is 0. The van der Waals surface area contributed by atoms with Crippen LogP contribution < -0.4 is 10.6 Å². The smallest absolute Gasteiger partial charge is 0.317 e. The van der Waals surface area contributed by atoms with E-state index in [1.807, 2.05) is 4.90 Å². The van der Waals surface area contributed by atoms with Gasteiger partial charge in [-0.3, -0.25) is 4.90 Å². The average Bonchev–Trinajstić information content (AvgIpc) is 2.76. The van der Waals surface area contributed by atoms with Crippen LogP contribution >= 0.6 is 0 Å². The monoisotopic (exact) mass is 286 g/mol. The van der Waals surface area contributed by atoms with Crippen LogP contribution in [0.25, 0.3) is 0 Å². The number of carbonyl (C=O) groups excluding carboxylic acids is 1. The van der Waals surface area contributed by atoms with Crippen molar-refractivity contribution in [2.45, 2.75) is 25.0 Å². The number of benzene rings is 1. The van der Waals surface area contributed by atoms with Gasteiger partial charge in [0, 0.05) is 38.8 Å². The molecule has 3 aliphatic rings. The largest absolute Gasteiger partial charge is 0.336 e. The summed E-state index contributed by atoms with van der Waals surface area (Å²) in [6.07, 6.45) is 1.14. The number of carbonyl (C=O) groups is 1. The highest BCUT2D eigenvalue weighted by molar-refractivity contribution is 5.77. The maximum atomic E-state index is 11.7. The van der Waals surface area contributed by atoms with E-state index in [0.717, 1.165) is 45.7 Å². The van der Waals surface area contributed by atoms with Gasteiger partial charge in [0.05, 0.1) is 6.04 Å². The van der Waals surface area contributed by atoms with E-state index in [1.54, 1.807) is 0 Å². The number of urea groups is 1. The number of nitrogens with zero attached hydrogens (tertiary/aromatic N) is 2. The Labute approximate surface area is 125 Å². The number of rotatable bonds is 1. The van der Waals surface area contributed by atoms with Gasteiger partial charge in [0.25, 0.3) is 0 Å². The predicted octanol–water partition coefficient (Wildman–Crippen LogP) is 0.930. The minimum absolute atomic E-state index is 0.114. The molecular weight excluding hydrogens is 264 g/mol. The Hall–Kier alpha value is -1.59.